The number of carbonyl (C=O) groups is 2. The number of carbonyl (C=O) groups excluding carboxylic acids is 2. The van der Waals surface area contributed by atoms with Gasteiger partial charge >= 0.3 is 0 Å². The van der Waals surface area contributed by atoms with Gasteiger partial charge in [0.2, 0.25) is 11.8 Å². The highest BCUT2D eigenvalue weighted by atomic mass is 79.9. The van der Waals surface area contributed by atoms with Crippen molar-refractivity contribution in [1.82, 2.24) is 10.2 Å². The Morgan fingerprint density at radius 2 is 1.64 bits per heavy atom. The van der Waals surface area contributed by atoms with Gasteiger partial charge in [-0.1, -0.05) is 64.3 Å². The van der Waals surface area contributed by atoms with Gasteiger partial charge in [0, 0.05) is 17.6 Å². The highest BCUT2D eigenvalue weighted by Gasteiger charge is 2.26. The van der Waals surface area contributed by atoms with Crippen LogP contribution in [-0.4, -0.2) is 29.3 Å². The van der Waals surface area contributed by atoms with Crippen LogP contribution in [0.1, 0.15) is 42.5 Å². The summed E-state index contributed by atoms with van der Waals surface area (Å²) in [6, 6.07) is 13.5. The molecule has 0 saturated carbocycles. The van der Waals surface area contributed by atoms with Crippen LogP contribution in [0, 0.1) is 13.8 Å². The number of aryl methyl sites for hydroxylation is 2. The third kappa shape index (κ3) is 6.48. The minimum Gasteiger partial charge on any atom is -0.354 e. The third-order valence-electron chi connectivity index (χ3n) is 4.62. The molecule has 1 atom stereocenters. The van der Waals surface area contributed by atoms with Crippen molar-refractivity contribution in [3.63, 3.8) is 0 Å². The molecule has 2 amide bonds. The lowest BCUT2D eigenvalue weighted by Crippen LogP contribution is -2.48. The summed E-state index contributed by atoms with van der Waals surface area (Å²) in [7, 11) is 0. The number of nitrogens with one attached hydrogen (secondary N) is 1. The second kappa shape index (κ2) is 10.4. The van der Waals surface area contributed by atoms with Crippen LogP contribution in [0.4, 0.5) is 0 Å². The monoisotopic (exact) mass is 444 g/mol. The average Bonchev–Trinajstić information content (AvgIpc) is 2.64. The molecule has 1 N–H and O–H groups in total. The second-order valence-corrected chi connectivity index (χ2v) is 8.20. The van der Waals surface area contributed by atoms with E-state index < -0.39 is 6.04 Å². The highest BCUT2D eigenvalue weighted by molar-refractivity contribution is 9.10. The first-order valence-electron chi connectivity index (χ1n) is 9.69. The lowest BCUT2D eigenvalue weighted by Gasteiger charge is -2.29. The summed E-state index contributed by atoms with van der Waals surface area (Å²) in [6.45, 7) is 8.87. The average molecular weight is 445 g/mol. The van der Waals surface area contributed by atoms with E-state index in [4.69, 9.17) is 0 Å². The van der Waals surface area contributed by atoms with Gasteiger partial charge in [-0.2, -0.15) is 0 Å². The molecule has 0 aliphatic heterocycles. The smallest absolute Gasteiger partial charge is 0.242 e. The minimum atomic E-state index is -0.534. The summed E-state index contributed by atoms with van der Waals surface area (Å²) in [4.78, 5) is 27.4. The summed E-state index contributed by atoms with van der Waals surface area (Å²) in [5.74, 6) is -0.167. The Hall–Kier alpha value is -2.14. The molecule has 2 aromatic rings. The number of hydrogen-bond donors (Lipinski definition) is 1. The van der Waals surface area contributed by atoms with E-state index in [9.17, 15) is 9.59 Å². The zero-order valence-electron chi connectivity index (χ0n) is 17.1. The molecular formula is C23H29BrN2O2. The van der Waals surface area contributed by atoms with Crippen molar-refractivity contribution in [1.29, 1.82) is 0 Å². The first-order chi connectivity index (χ1) is 13.3. The maximum Gasteiger partial charge on any atom is 0.242 e. The second-order valence-electron chi connectivity index (χ2n) is 7.29. The zero-order valence-corrected chi connectivity index (χ0v) is 18.7. The van der Waals surface area contributed by atoms with E-state index in [-0.39, 0.29) is 18.2 Å². The lowest BCUT2D eigenvalue weighted by molar-refractivity contribution is -0.140. The van der Waals surface area contributed by atoms with Crippen LogP contribution < -0.4 is 5.32 Å². The van der Waals surface area contributed by atoms with Gasteiger partial charge in [0.05, 0.1) is 6.42 Å². The molecule has 0 heterocycles. The Morgan fingerprint density at radius 3 is 2.21 bits per heavy atom. The summed E-state index contributed by atoms with van der Waals surface area (Å²) in [5.41, 5.74) is 4.24. The predicted octanol–water partition coefficient (Wildman–Crippen LogP) is 4.55. The molecule has 0 saturated heterocycles. The maximum absolute atomic E-state index is 13.2. The molecule has 0 unspecified atom stereocenters. The van der Waals surface area contributed by atoms with Gasteiger partial charge in [0.15, 0.2) is 0 Å². The number of rotatable bonds is 8. The van der Waals surface area contributed by atoms with E-state index in [0.717, 1.165) is 33.1 Å². The molecule has 0 aliphatic rings. The SMILES string of the molecule is CCCNC(=O)[C@H](C)N(Cc1ccc(Br)cc1)C(=O)Cc1cc(C)cc(C)c1. The quantitative estimate of drug-likeness (QED) is 0.648. The first kappa shape index (κ1) is 22.2. The van der Waals surface area contributed by atoms with E-state index in [0.29, 0.717) is 13.1 Å². The molecule has 150 valence electrons. The van der Waals surface area contributed by atoms with Crippen molar-refractivity contribution in [2.45, 2.75) is 53.1 Å². The van der Waals surface area contributed by atoms with Crippen molar-refractivity contribution in [2.75, 3.05) is 6.54 Å². The van der Waals surface area contributed by atoms with Gasteiger partial charge < -0.3 is 10.2 Å². The van der Waals surface area contributed by atoms with E-state index in [1.165, 1.54) is 0 Å². The maximum atomic E-state index is 13.2. The lowest BCUT2D eigenvalue weighted by atomic mass is 10.0. The molecule has 0 aliphatic carbocycles. The van der Waals surface area contributed by atoms with Crippen molar-refractivity contribution >= 4 is 27.7 Å². The Bertz CT molecular complexity index is 798. The fourth-order valence-corrected chi connectivity index (χ4v) is 3.48. The Kier molecular flexibility index (Phi) is 8.24. The topological polar surface area (TPSA) is 49.4 Å². The highest BCUT2D eigenvalue weighted by Crippen LogP contribution is 2.16. The van der Waals surface area contributed by atoms with Gasteiger partial charge in [0.25, 0.3) is 0 Å². The fraction of sp³-hybridized carbons (Fsp3) is 0.391. The van der Waals surface area contributed by atoms with Crippen molar-refractivity contribution in [3.8, 4) is 0 Å². The van der Waals surface area contributed by atoms with E-state index >= 15 is 0 Å². The number of amides is 2. The van der Waals surface area contributed by atoms with Gasteiger partial charge in [0.1, 0.15) is 6.04 Å². The Morgan fingerprint density at radius 1 is 1.04 bits per heavy atom. The summed E-state index contributed by atoms with van der Waals surface area (Å²) < 4.78 is 0.984. The Balaban J connectivity index is 2.23. The van der Waals surface area contributed by atoms with Crippen molar-refractivity contribution < 1.29 is 9.59 Å². The van der Waals surface area contributed by atoms with Gasteiger partial charge in [-0.25, -0.2) is 0 Å². The summed E-state index contributed by atoms with van der Waals surface area (Å²) in [5, 5.41) is 2.90. The molecule has 2 aromatic carbocycles. The molecule has 0 bridgehead atoms. The van der Waals surface area contributed by atoms with Crippen LogP contribution in [0.15, 0.2) is 46.9 Å². The molecule has 4 nitrogen and oxygen atoms in total. The molecule has 0 fully saturated rings. The number of benzene rings is 2. The molecule has 0 aromatic heterocycles. The Labute approximate surface area is 176 Å². The molecule has 28 heavy (non-hydrogen) atoms. The predicted molar refractivity (Wildman–Crippen MR) is 117 cm³/mol. The third-order valence-corrected chi connectivity index (χ3v) is 5.15. The van der Waals surface area contributed by atoms with E-state index in [1.807, 2.05) is 57.2 Å². The van der Waals surface area contributed by atoms with Gasteiger partial charge in [-0.3, -0.25) is 9.59 Å². The van der Waals surface area contributed by atoms with Gasteiger partial charge in [-0.05, 0) is 50.5 Å². The van der Waals surface area contributed by atoms with E-state index in [1.54, 1.807) is 11.8 Å². The van der Waals surface area contributed by atoms with Crippen LogP contribution >= 0.6 is 15.9 Å². The number of nitrogens with zero attached hydrogens (tertiary/aromatic N) is 1. The van der Waals surface area contributed by atoms with E-state index in [2.05, 4.69) is 27.3 Å². The summed E-state index contributed by atoms with van der Waals surface area (Å²) in [6.07, 6.45) is 1.14. The molecule has 2 rings (SSSR count). The van der Waals surface area contributed by atoms with Crippen LogP contribution in [-0.2, 0) is 22.6 Å². The fourth-order valence-electron chi connectivity index (χ4n) is 3.21. The largest absolute Gasteiger partial charge is 0.354 e. The summed E-state index contributed by atoms with van der Waals surface area (Å²) >= 11 is 3.43. The van der Waals surface area contributed by atoms with Crippen LogP contribution in [0.25, 0.3) is 0 Å². The molecule has 0 radical (unpaired) electrons. The number of hydrogen-bond acceptors (Lipinski definition) is 2. The minimum absolute atomic E-state index is 0.0490. The standard InChI is InChI=1S/C23H29BrN2O2/c1-5-10-25-23(28)18(4)26(15-19-6-8-21(24)9-7-19)22(27)14-20-12-16(2)11-17(3)13-20/h6-9,11-13,18H,5,10,14-15H2,1-4H3,(H,25,28)/t18-/m0/s1. The number of halogens is 1. The van der Waals surface area contributed by atoms with Crippen molar-refractivity contribution in [2.24, 2.45) is 0 Å². The van der Waals surface area contributed by atoms with Crippen LogP contribution in [0.3, 0.4) is 0 Å². The van der Waals surface area contributed by atoms with Crippen LogP contribution in [0.2, 0.25) is 0 Å². The zero-order chi connectivity index (χ0) is 20.7. The van der Waals surface area contributed by atoms with Crippen LogP contribution in [0.5, 0.6) is 0 Å². The molecule has 5 heteroatoms. The normalized spacial score (nSPS) is 11.8. The van der Waals surface area contributed by atoms with Crippen molar-refractivity contribution in [3.05, 3.63) is 69.2 Å². The first-order valence-corrected chi connectivity index (χ1v) is 10.5. The molecular weight excluding hydrogens is 416 g/mol. The van der Waals surface area contributed by atoms with Gasteiger partial charge in [-0.15, -0.1) is 0 Å². The molecule has 0 spiro atoms.